The number of carbonyl (C=O) groups excluding carboxylic acids is 3. The van der Waals surface area contributed by atoms with Crippen LogP contribution in [-0.4, -0.2) is 57.4 Å². The van der Waals surface area contributed by atoms with Gasteiger partial charge in [0.1, 0.15) is 5.78 Å². The fourth-order valence-electron chi connectivity index (χ4n) is 3.94. The summed E-state index contributed by atoms with van der Waals surface area (Å²) in [6.07, 6.45) is 1.56. The summed E-state index contributed by atoms with van der Waals surface area (Å²) in [6, 6.07) is 10.7. The third kappa shape index (κ3) is 5.11. The van der Waals surface area contributed by atoms with Crippen LogP contribution >= 0.6 is 0 Å². The van der Waals surface area contributed by atoms with Crippen LogP contribution in [0, 0.1) is 0 Å². The third-order valence-electron chi connectivity index (χ3n) is 5.44. The summed E-state index contributed by atoms with van der Waals surface area (Å²) in [5.41, 5.74) is 0.591. The van der Waals surface area contributed by atoms with Crippen LogP contribution in [-0.2, 0) is 14.3 Å². The Morgan fingerprint density at radius 1 is 1.03 bits per heavy atom. The molecule has 2 atom stereocenters. The second-order valence-corrected chi connectivity index (χ2v) is 7.58. The minimum atomic E-state index is -0.968. The molecule has 2 aromatic rings. The number of piperidine rings is 1. The average Bonchev–Trinajstić information content (AvgIpc) is 2.78. The molecule has 0 saturated carbocycles. The number of rotatable bonds is 6. The Morgan fingerprint density at radius 2 is 1.69 bits per heavy atom. The lowest BCUT2D eigenvalue weighted by Gasteiger charge is -2.38. The maximum atomic E-state index is 12.7. The Labute approximate surface area is 184 Å². The highest BCUT2D eigenvalue weighted by molar-refractivity contribution is 5.91. The molecule has 0 radical (unpaired) electrons. The van der Waals surface area contributed by atoms with Crippen molar-refractivity contribution in [3.63, 3.8) is 0 Å². The second-order valence-electron chi connectivity index (χ2n) is 7.58. The number of esters is 1. The van der Waals surface area contributed by atoms with Crippen LogP contribution < -0.4 is 0 Å². The molecule has 1 saturated heterocycles. The largest absolute Gasteiger partial charge is 0.504 e. The monoisotopic (exact) mass is 443 g/mol. The molecule has 2 aromatic carbocycles. The van der Waals surface area contributed by atoms with Gasteiger partial charge in [-0.25, -0.2) is 9.59 Å². The maximum Gasteiger partial charge on any atom is 0.412 e. The van der Waals surface area contributed by atoms with Gasteiger partial charge in [0.2, 0.25) is 6.79 Å². The van der Waals surface area contributed by atoms with Crippen molar-refractivity contribution in [3.8, 4) is 17.2 Å². The molecule has 0 spiro atoms. The van der Waals surface area contributed by atoms with E-state index in [2.05, 4.69) is 0 Å². The highest BCUT2D eigenvalue weighted by atomic mass is 16.7. The minimum absolute atomic E-state index is 0.0562. The molecule has 0 bridgehead atoms. The fraction of sp³-hybridized carbons (Fsp3) is 0.348. The molecule has 9 nitrogen and oxygen atoms in total. The van der Waals surface area contributed by atoms with E-state index >= 15 is 0 Å². The number of carbonyl (C=O) groups is 3. The van der Waals surface area contributed by atoms with E-state index in [1.807, 2.05) is 30.3 Å². The lowest BCUT2D eigenvalue weighted by molar-refractivity contribution is -0.120. The molecule has 1 amide bonds. The van der Waals surface area contributed by atoms with Crippen LogP contribution in [0.1, 0.15) is 48.0 Å². The molecular formula is C23H25NO8. The van der Waals surface area contributed by atoms with Gasteiger partial charge >= 0.3 is 12.1 Å². The van der Waals surface area contributed by atoms with Gasteiger partial charge in [0.15, 0.2) is 17.2 Å². The zero-order valence-corrected chi connectivity index (χ0v) is 17.6. The van der Waals surface area contributed by atoms with E-state index in [1.165, 1.54) is 11.8 Å². The van der Waals surface area contributed by atoms with E-state index in [1.54, 1.807) is 0 Å². The van der Waals surface area contributed by atoms with E-state index in [9.17, 15) is 29.7 Å². The first-order chi connectivity index (χ1) is 15.3. The predicted octanol–water partition coefficient (Wildman–Crippen LogP) is 3.28. The lowest BCUT2D eigenvalue weighted by atomic mass is 9.83. The summed E-state index contributed by atoms with van der Waals surface area (Å²) in [5, 5.41) is 28.3. The molecule has 3 rings (SSSR count). The zero-order chi connectivity index (χ0) is 23.3. The number of likely N-dealkylation sites (tertiary alicyclic amines) is 1. The van der Waals surface area contributed by atoms with Crippen molar-refractivity contribution in [1.29, 1.82) is 0 Å². The molecule has 1 aliphatic rings. The van der Waals surface area contributed by atoms with E-state index in [0.29, 0.717) is 13.0 Å². The van der Waals surface area contributed by atoms with E-state index in [-0.39, 0.29) is 17.4 Å². The molecule has 9 heteroatoms. The van der Waals surface area contributed by atoms with E-state index < -0.39 is 42.0 Å². The SMILES string of the molecule is CC(=O)C(c1ccccc1)C1CCCCN1C(=O)OCOC(=O)c1cc(O)c(O)c(O)c1. The smallest absolute Gasteiger partial charge is 0.412 e. The van der Waals surface area contributed by atoms with E-state index in [0.717, 1.165) is 30.5 Å². The van der Waals surface area contributed by atoms with Crippen molar-refractivity contribution in [3.05, 3.63) is 53.6 Å². The molecule has 170 valence electrons. The summed E-state index contributed by atoms with van der Waals surface area (Å²) in [7, 11) is 0. The van der Waals surface area contributed by atoms with Crippen LogP contribution in [0.3, 0.4) is 0 Å². The molecule has 0 aliphatic carbocycles. The highest BCUT2D eigenvalue weighted by Gasteiger charge is 2.37. The first kappa shape index (κ1) is 22.9. The number of nitrogens with zero attached hydrogens (tertiary/aromatic N) is 1. The average molecular weight is 443 g/mol. The van der Waals surface area contributed by atoms with Crippen LogP contribution in [0.4, 0.5) is 4.79 Å². The van der Waals surface area contributed by atoms with Gasteiger partial charge in [-0.3, -0.25) is 4.79 Å². The molecule has 2 unspecified atom stereocenters. The first-order valence-corrected chi connectivity index (χ1v) is 10.2. The zero-order valence-electron chi connectivity index (χ0n) is 17.6. The summed E-state index contributed by atoms with van der Waals surface area (Å²) in [6.45, 7) is 1.22. The molecule has 1 heterocycles. The predicted molar refractivity (Wildman–Crippen MR) is 112 cm³/mol. The number of Topliss-reactive ketones (excluding diaryl/α,β-unsaturated/α-hetero) is 1. The summed E-state index contributed by atoms with van der Waals surface area (Å²) >= 11 is 0. The normalized spacial score (nSPS) is 16.8. The van der Waals surface area contributed by atoms with Gasteiger partial charge in [-0.2, -0.15) is 0 Å². The quantitative estimate of drug-likeness (QED) is 0.352. The summed E-state index contributed by atoms with van der Waals surface area (Å²) in [5.74, 6) is -3.66. The number of ether oxygens (including phenoxy) is 2. The van der Waals surface area contributed by atoms with Crippen molar-refractivity contribution < 1.29 is 39.2 Å². The van der Waals surface area contributed by atoms with Crippen LogP contribution in [0.15, 0.2) is 42.5 Å². The third-order valence-corrected chi connectivity index (χ3v) is 5.44. The molecule has 1 fully saturated rings. The first-order valence-electron chi connectivity index (χ1n) is 10.2. The number of hydrogen-bond acceptors (Lipinski definition) is 8. The maximum absolute atomic E-state index is 12.7. The highest BCUT2D eigenvalue weighted by Crippen LogP contribution is 2.35. The Bertz CT molecular complexity index is 968. The summed E-state index contributed by atoms with van der Waals surface area (Å²) < 4.78 is 10.00. The molecular weight excluding hydrogens is 418 g/mol. The van der Waals surface area contributed by atoms with Gasteiger partial charge in [0.05, 0.1) is 11.5 Å². The van der Waals surface area contributed by atoms with Crippen molar-refractivity contribution in [2.75, 3.05) is 13.3 Å². The topological polar surface area (TPSA) is 134 Å². The number of amides is 1. The number of phenols is 3. The number of benzene rings is 2. The Hall–Kier alpha value is -3.75. The van der Waals surface area contributed by atoms with Gasteiger partial charge in [-0.1, -0.05) is 30.3 Å². The molecule has 3 N–H and O–H groups in total. The molecule has 0 aromatic heterocycles. The number of aromatic hydroxyl groups is 3. The van der Waals surface area contributed by atoms with Gasteiger partial charge < -0.3 is 29.7 Å². The minimum Gasteiger partial charge on any atom is -0.504 e. The standard InChI is InChI=1S/C23H25NO8/c1-14(25)20(15-7-3-2-4-8-15)17-9-5-6-10-24(17)23(30)32-13-31-22(29)16-11-18(26)21(28)19(27)12-16/h2-4,7-8,11-12,17,20,26-28H,5-6,9-10,13H2,1H3. The van der Waals surface area contributed by atoms with Crippen molar-refractivity contribution in [2.45, 2.75) is 38.1 Å². The summed E-state index contributed by atoms with van der Waals surface area (Å²) in [4.78, 5) is 38.8. The van der Waals surface area contributed by atoms with Crippen molar-refractivity contribution in [1.82, 2.24) is 4.90 Å². The van der Waals surface area contributed by atoms with Gasteiger partial charge in [0, 0.05) is 12.6 Å². The van der Waals surface area contributed by atoms with Crippen molar-refractivity contribution >= 4 is 17.8 Å². The van der Waals surface area contributed by atoms with E-state index in [4.69, 9.17) is 9.47 Å². The second kappa shape index (κ2) is 10.0. The Balaban J connectivity index is 1.65. The molecule has 1 aliphatic heterocycles. The molecule has 32 heavy (non-hydrogen) atoms. The number of ketones is 1. The van der Waals surface area contributed by atoms with Gasteiger partial charge in [-0.15, -0.1) is 0 Å². The van der Waals surface area contributed by atoms with Crippen LogP contribution in [0.2, 0.25) is 0 Å². The lowest BCUT2D eigenvalue weighted by Crippen LogP contribution is -2.48. The van der Waals surface area contributed by atoms with Crippen LogP contribution in [0.5, 0.6) is 17.2 Å². The number of hydrogen-bond donors (Lipinski definition) is 3. The Morgan fingerprint density at radius 3 is 2.31 bits per heavy atom. The van der Waals surface area contributed by atoms with Gasteiger partial charge in [0.25, 0.3) is 0 Å². The van der Waals surface area contributed by atoms with Gasteiger partial charge in [-0.05, 0) is 43.9 Å². The Kier molecular flexibility index (Phi) is 7.19. The van der Waals surface area contributed by atoms with Crippen molar-refractivity contribution in [2.24, 2.45) is 0 Å². The fourth-order valence-corrected chi connectivity index (χ4v) is 3.94. The van der Waals surface area contributed by atoms with Crippen LogP contribution in [0.25, 0.3) is 0 Å². The number of phenolic OH excluding ortho intramolecular Hbond substituents is 3.